The van der Waals surface area contributed by atoms with Crippen molar-refractivity contribution in [3.05, 3.63) is 32.7 Å². The molecule has 3 aromatic heterocycles. The molecule has 0 saturated heterocycles. The highest BCUT2D eigenvalue weighted by Crippen LogP contribution is 2.33. The Labute approximate surface area is 117 Å². The molecule has 0 aliphatic heterocycles. The Balaban J connectivity index is 2.18. The summed E-state index contributed by atoms with van der Waals surface area (Å²) in [6.45, 7) is 0. The van der Waals surface area contributed by atoms with Gasteiger partial charge in [-0.05, 0) is 67.7 Å². The first-order valence-electron chi connectivity index (χ1n) is 4.42. The number of halogens is 2. The minimum absolute atomic E-state index is 0.874. The van der Waals surface area contributed by atoms with Gasteiger partial charge in [-0.3, -0.25) is 0 Å². The van der Waals surface area contributed by atoms with Crippen molar-refractivity contribution in [3.8, 4) is 10.6 Å². The molecule has 0 aliphatic rings. The topological polar surface area (TPSA) is 25.8 Å². The molecular weight excluding hydrogens is 372 g/mol. The molecule has 3 aromatic rings. The van der Waals surface area contributed by atoms with Crippen molar-refractivity contribution in [1.82, 2.24) is 9.36 Å². The summed E-state index contributed by atoms with van der Waals surface area (Å²) in [5.74, 6) is 0. The van der Waals surface area contributed by atoms with Crippen LogP contribution in [0, 0.1) is 0 Å². The van der Waals surface area contributed by atoms with E-state index in [0.717, 1.165) is 24.3 Å². The normalized spacial score (nSPS) is 11.1. The molecule has 0 bridgehead atoms. The van der Waals surface area contributed by atoms with Crippen LogP contribution >= 0.6 is 54.7 Å². The summed E-state index contributed by atoms with van der Waals surface area (Å²) in [6.07, 6.45) is 0. The smallest absolute Gasteiger partial charge is 0.145 e. The van der Waals surface area contributed by atoms with E-state index < -0.39 is 0 Å². The highest BCUT2D eigenvalue weighted by molar-refractivity contribution is 9.11. The fourth-order valence-electron chi connectivity index (χ4n) is 1.39. The highest BCUT2D eigenvalue weighted by Gasteiger charge is 2.08. The van der Waals surface area contributed by atoms with Gasteiger partial charge in [-0.2, -0.15) is 4.37 Å². The zero-order chi connectivity index (χ0) is 11.1. The Morgan fingerprint density at radius 1 is 1.06 bits per heavy atom. The third-order valence-corrected chi connectivity index (χ3v) is 5.36. The second-order valence-corrected chi connectivity index (χ2v) is 7.09. The van der Waals surface area contributed by atoms with Gasteiger partial charge in [0.05, 0.1) is 14.4 Å². The molecule has 0 atom stereocenters. The first kappa shape index (κ1) is 10.8. The molecule has 3 heterocycles. The first-order valence-corrected chi connectivity index (χ1v) is 7.59. The Morgan fingerprint density at radius 3 is 2.69 bits per heavy atom. The average molecular weight is 376 g/mol. The van der Waals surface area contributed by atoms with E-state index in [-0.39, 0.29) is 0 Å². The second-order valence-electron chi connectivity index (χ2n) is 3.13. The van der Waals surface area contributed by atoms with Crippen molar-refractivity contribution in [2.75, 3.05) is 0 Å². The number of thiophene rings is 1. The van der Waals surface area contributed by atoms with Gasteiger partial charge in [0.1, 0.15) is 9.43 Å². The van der Waals surface area contributed by atoms with Crippen molar-refractivity contribution in [2.45, 2.75) is 0 Å². The van der Waals surface area contributed by atoms with Crippen molar-refractivity contribution in [1.29, 1.82) is 0 Å². The van der Waals surface area contributed by atoms with Gasteiger partial charge in [-0.15, -0.1) is 11.3 Å². The molecular formula is C10H4Br2N2S2. The lowest BCUT2D eigenvalue weighted by Gasteiger charge is -1.95. The molecule has 6 heteroatoms. The molecule has 0 amide bonds. The van der Waals surface area contributed by atoms with E-state index in [1.807, 2.05) is 12.1 Å². The minimum Gasteiger partial charge on any atom is -0.234 e. The van der Waals surface area contributed by atoms with Crippen molar-refractivity contribution in [3.63, 3.8) is 0 Å². The predicted octanol–water partition coefficient (Wildman–Crippen LogP) is 4.94. The number of pyridine rings is 1. The van der Waals surface area contributed by atoms with E-state index in [0.29, 0.717) is 0 Å². The third-order valence-electron chi connectivity index (χ3n) is 2.12. The van der Waals surface area contributed by atoms with E-state index >= 15 is 0 Å². The summed E-state index contributed by atoms with van der Waals surface area (Å²) in [4.78, 5) is 6.73. The Morgan fingerprint density at radius 2 is 1.94 bits per heavy atom. The largest absolute Gasteiger partial charge is 0.234 e. The van der Waals surface area contributed by atoms with Crippen molar-refractivity contribution in [2.24, 2.45) is 0 Å². The summed E-state index contributed by atoms with van der Waals surface area (Å²) in [5.41, 5.74) is 0.999. The van der Waals surface area contributed by atoms with Gasteiger partial charge in [0.25, 0.3) is 0 Å². The molecule has 0 aliphatic carbocycles. The maximum absolute atomic E-state index is 4.60. The van der Waals surface area contributed by atoms with Gasteiger partial charge in [-0.25, -0.2) is 4.98 Å². The second kappa shape index (κ2) is 4.18. The zero-order valence-corrected chi connectivity index (χ0v) is 12.6. The summed E-state index contributed by atoms with van der Waals surface area (Å²) >= 11 is 9.96. The zero-order valence-electron chi connectivity index (χ0n) is 7.78. The maximum atomic E-state index is 4.60. The van der Waals surface area contributed by atoms with E-state index in [9.17, 15) is 0 Å². The Hall–Kier alpha value is -0.300. The number of rotatable bonds is 1. The molecule has 2 nitrogen and oxygen atoms in total. The summed E-state index contributed by atoms with van der Waals surface area (Å²) in [6, 6.07) is 8.19. The van der Waals surface area contributed by atoms with Gasteiger partial charge in [0, 0.05) is 5.39 Å². The Kier molecular flexibility index (Phi) is 2.83. The summed E-state index contributed by atoms with van der Waals surface area (Å²) in [5, 5.41) is 1.07. The number of hydrogen-bond acceptors (Lipinski definition) is 4. The maximum Gasteiger partial charge on any atom is 0.145 e. The van der Waals surface area contributed by atoms with Crippen LogP contribution in [0.3, 0.4) is 0 Å². The third kappa shape index (κ3) is 1.84. The van der Waals surface area contributed by atoms with Gasteiger partial charge in [-0.1, -0.05) is 0 Å². The summed E-state index contributed by atoms with van der Waals surface area (Å²) < 4.78 is 6.22. The average Bonchev–Trinajstić information content (AvgIpc) is 2.86. The van der Waals surface area contributed by atoms with Crippen LogP contribution in [0.15, 0.2) is 32.7 Å². The summed E-state index contributed by atoms with van der Waals surface area (Å²) in [7, 11) is 0. The predicted molar refractivity (Wildman–Crippen MR) is 76.1 cm³/mol. The fraction of sp³-hybridized carbons (Fsp3) is 0. The molecule has 16 heavy (non-hydrogen) atoms. The number of nitrogens with zero attached hydrogens (tertiary/aromatic N) is 2. The number of hydrogen-bond donors (Lipinski definition) is 0. The molecule has 0 spiro atoms. The van der Waals surface area contributed by atoms with Crippen LogP contribution in [-0.2, 0) is 0 Å². The van der Waals surface area contributed by atoms with Crippen LogP contribution < -0.4 is 0 Å². The van der Waals surface area contributed by atoms with Gasteiger partial charge in [0.2, 0.25) is 0 Å². The van der Waals surface area contributed by atoms with Crippen LogP contribution in [0.25, 0.3) is 20.8 Å². The SMILES string of the molecule is Brc1ccc(-c2ccc3c(Br)nsc3n2)s1. The molecule has 0 unspecified atom stereocenters. The molecule has 0 radical (unpaired) electrons. The van der Waals surface area contributed by atoms with Crippen LogP contribution in [0.1, 0.15) is 0 Å². The number of fused-ring (bicyclic) bond motifs is 1. The highest BCUT2D eigenvalue weighted by atomic mass is 79.9. The quantitative estimate of drug-likeness (QED) is 0.601. The molecule has 80 valence electrons. The van der Waals surface area contributed by atoms with E-state index in [4.69, 9.17) is 0 Å². The molecule has 0 fully saturated rings. The standard InChI is InChI=1S/C10H4Br2N2S2/c11-8-4-3-7(15-8)6-2-1-5-9(12)14-16-10(5)13-6/h1-4H. The van der Waals surface area contributed by atoms with Crippen LogP contribution in [0.5, 0.6) is 0 Å². The fourth-order valence-corrected chi connectivity index (χ4v) is 4.08. The van der Waals surface area contributed by atoms with Crippen molar-refractivity contribution < 1.29 is 0 Å². The van der Waals surface area contributed by atoms with Gasteiger partial charge >= 0.3 is 0 Å². The lowest BCUT2D eigenvalue weighted by Crippen LogP contribution is -1.78. The first-order chi connectivity index (χ1) is 7.74. The van der Waals surface area contributed by atoms with Crippen LogP contribution in [0.4, 0.5) is 0 Å². The van der Waals surface area contributed by atoms with Gasteiger partial charge < -0.3 is 0 Å². The van der Waals surface area contributed by atoms with E-state index in [2.05, 4.69) is 53.4 Å². The van der Waals surface area contributed by atoms with Gasteiger partial charge in [0.15, 0.2) is 0 Å². The van der Waals surface area contributed by atoms with Crippen LogP contribution in [0.2, 0.25) is 0 Å². The van der Waals surface area contributed by atoms with E-state index in [1.54, 1.807) is 11.3 Å². The monoisotopic (exact) mass is 374 g/mol. The molecule has 3 rings (SSSR count). The van der Waals surface area contributed by atoms with Crippen molar-refractivity contribution >= 4 is 64.9 Å². The lowest BCUT2D eigenvalue weighted by atomic mass is 10.3. The lowest BCUT2D eigenvalue weighted by molar-refractivity contribution is 1.45. The molecule has 0 aromatic carbocycles. The minimum atomic E-state index is 0.874. The van der Waals surface area contributed by atoms with E-state index in [1.165, 1.54) is 16.4 Å². The Bertz CT molecular complexity index is 660. The molecule has 0 N–H and O–H groups in total. The molecule has 0 saturated carbocycles. The number of aromatic nitrogens is 2. The van der Waals surface area contributed by atoms with Crippen LogP contribution in [-0.4, -0.2) is 9.36 Å².